The van der Waals surface area contributed by atoms with Gasteiger partial charge in [0.15, 0.2) is 5.72 Å². The van der Waals surface area contributed by atoms with E-state index in [0.29, 0.717) is 42.8 Å². The number of benzene rings is 2. The summed E-state index contributed by atoms with van der Waals surface area (Å²) < 4.78 is 6.13. The van der Waals surface area contributed by atoms with Crippen molar-refractivity contribution >= 4 is 17.7 Å². The zero-order chi connectivity index (χ0) is 20.0. The minimum atomic E-state index is -0.767. The number of amides is 3. The lowest BCUT2D eigenvalue weighted by Crippen LogP contribution is -2.61. The second-order valence-corrected chi connectivity index (χ2v) is 7.74. The first kappa shape index (κ1) is 17.7. The average molecular weight is 391 g/mol. The largest absolute Gasteiger partial charge is 0.467 e. The summed E-state index contributed by atoms with van der Waals surface area (Å²) in [7, 11) is 0. The van der Waals surface area contributed by atoms with Crippen LogP contribution in [0.25, 0.3) is 0 Å². The molecule has 0 aliphatic carbocycles. The van der Waals surface area contributed by atoms with Crippen LogP contribution >= 0.6 is 0 Å². The van der Waals surface area contributed by atoms with Crippen molar-refractivity contribution in [2.75, 3.05) is 13.1 Å². The van der Waals surface area contributed by atoms with E-state index in [1.54, 1.807) is 29.2 Å². The smallest absolute Gasteiger partial charge is 0.258 e. The summed E-state index contributed by atoms with van der Waals surface area (Å²) in [6.07, 6.45) is 1.27. The van der Waals surface area contributed by atoms with E-state index in [9.17, 15) is 14.4 Å². The summed E-state index contributed by atoms with van der Waals surface area (Å²) in [6, 6.07) is 14.3. The van der Waals surface area contributed by atoms with Crippen molar-refractivity contribution in [2.24, 2.45) is 0 Å². The van der Waals surface area contributed by atoms with Gasteiger partial charge in [0.1, 0.15) is 5.75 Å². The molecule has 7 nitrogen and oxygen atoms in total. The van der Waals surface area contributed by atoms with Crippen molar-refractivity contribution in [2.45, 2.75) is 31.0 Å². The molecule has 2 aromatic rings. The highest BCUT2D eigenvalue weighted by molar-refractivity contribution is 6.00. The third-order valence-corrected chi connectivity index (χ3v) is 5.97. The van der Waals surface area contributed by atoms with Crippen molar-refractivity contribution in [3.05, 3.63) is 65.2 Å². The summed E-state index contributed by atoms with van der Waals surface area (Å²) in [6.45, 7) is 0.979. The maximum atomic E-state index is 12.9. The van der Waals surface area contributed by atoms with Gasteiger partial charge in [0.05, 0.1) is 18.0 Å². The molecule has 7 heteroatoms. The highest BCUT2D eigenvalue weighted by Gasteiger charge is 2.43. The molecular formula is C22H21N3O4. The third kappa shape index (κ3) is 3.03. The minimum absolute atomic E-state index is 0.00982. The number of nitrogens with one attached hydrogen (secondary N) is 2. The lowest BCUT2D eigenvalue weighted by molar-refractivity contribution is -0.135. The second kappa shape index (κ2) is 6.62. The third-order valence-electron chi connectivity index (χ3n) is 5.97. The maximum Gasteiger partial charge on any atom is 0.258 e. The second-order valence-electron chi connectivity index (χ2n) is 7.74. The Labute approximate surface area is 168 Å². The Morgan fingerprint density at radius 2 is 1.69 bits per heavy atom. The fraction of sp³-hybridized carbons (Fsp3) is 0.318. The van der Waals surface area contributed by atoms with Crippen LogP contribution in [0.4, 0.5) is 0 Å². The van der Waals surface area contributed by atoms with E-state index in [-0.39, 0.29) is 30.2 Å². The molecule has 3 amide bonds. The Hall–Kier alpha value is -3.35. The number of carbonyl (C=O) groups is 3. The first-order valence-corrected chi connectivity index (χ1v) is 9.83. The van der Waals surface area contributed by atoms with E-state index < -0.39 is 5.72 Å². The number of piperidine rings is 1. The molecule has 1 fully saturated rings. The zero-order valence-corrected chi connectivity index (χ0v) is 15.8. The Morgan fingerprint density at radius 3 is 2.48 bits per heavy atom. The molecule has 1 spiro atoms. The first-order valence-electron chi connectivity index (χ1n) is 9.83. The van der Waals surface area contributed by atoms with Crippen LogP contribution < -0.4 is 15.4 Å². The monoisotopic (exact) mass is 391 g/mol. The molecule has 5 rings (SSSR count). The molecule has 29 heavy (non-hydrogen) atoms. The molecular weight excluding hydrogens is 370 g/mol. The fourth-order valence-electron chi connectivity index (χ4n) is 4.38. The van der Waals surface area contributed by atoms with Crippen molar-refractivity contribution in [3.63, 3.8) is 0 Å². The number of nitrogens with zero attached hydrogens (tertiary/aromatic N) is 1. The van der Waals surface area contributed by atoms with Crippen LogP contribution in [0.1, 0.15) is 51.6 Å². The molecule has 2 aromatic carbocycles. The molecule has 1 saturated heterocycles. The van der Waals surface area contributed by atoms with Gasteiger partial charge in [-0.25, -0.2) is 0 Å². The van der Waals surface area contributed by atoms with Gasteiger partial charge in [-0.15, -0.1) is 0 Å². The number of rotatable bonds is 2. The van der Waals surface area contributed by atoms with Crippen LogP contribution in [0.3, 0.4) is 0 Å². The van der Waals surface area contributed by atoms with Gasteiger partial charge in [-0.1, -0.05) is 30.3 Å². The molecule has 0 saturated carbocycles. The SMILES string of the molecule is O=C1NC2(CCN(C(=O)CC3NC(=O)c4ccccc43)CC2)Oc2ccccc21. The number of likely N-dealkylation sites (tertiary alicyclic amines) is 1. The van der Waals surface area contributed by atoms with Crippen LogP contribution in [0, 0.1) is 0 Å². The number of hydrogen-bond donors (Lipinski definition) is 2. The van der Waals surface area contributed by atoms with Gasteiger partial charge < -0.3 is 20.3 Å². The standard InChI is InChI=1S/C22H21N3O4/c26-19(13-17-14-5-1-2-6-15(14)20(27)23-17)25-11-9-22(10-12-25)24-21(28)16-7-3-4-8-18(16)29-22/h1-8,17H,9-13H2,(H,23,27)(H,24,28). The van der Waals surface area contributed by atoms with Crippen LogP contribution in [-0.4, -0.2) is 41.4 Å². The average Bonchev–Trinajstić information content (AvgIpc) is 3.04. The van der Waals surface area contributed by atoms with Crippen LogP contribution in [0.15, 0.2) is 48.5 Å². The molecule has 3 heterocycles. The molecule has 2 N–H and O–H groups in total. The number of para-hydroxylation sites is 1. The first-order chi connectivity index (χ1) is 14.0. The highest BCUT2D eigenvalue weighted by Crippen LogP contribution is 2.34. The van der Waals surface area contributed by atoms with Gasteiger partial charge in [0.2, 0.25) is 5.91 Å². The van der Waals surface area contributed by atoms with Crippen LogP contribution in [-0.2, 0) is 4.79 Å². The molecule has 1 atom stereocenters. The van der Waals surface area contributed by atoms with Crippen molar-refractivity contribution in [1.29, 1.82) is 0 Å². The van der Waals surface area contributed by atoms with E-state index in [4.69, 9.17) is 4.74 Å². The zero-order valence-electron chi connectivity index (χ0n) is 15.8. The van der Waals surface area contributed by atoms with Gasteiger partial charge in [0.25, 0.3) is 11.8 Å². The molecule has 0 bridgehead atoms. The highest BCUT2D eigenvalue weighted by atomic mass is 16.5. The maximum absolute atomic E-state index is 12.9. The summed E-state index contributed by atoms with van der Waals surface area (Å²) in [5, 5.41) is 5.88. The lowest BCUT2D eigenvalue weighted by atomic mass is 9.96. The quantitative estimate of drug-likeness (QED) is 0.820. The van der Waals surface area contributed by atoms with Gasteiger partial charge in [-0.05, 0) is 23.8 Å². The Kier molecular flexibility index (Phi) is 4.04. The fourth-order valence-corrected chi connectivity index (χ4v) is 4.38. The van der Waals surface area contributed by atoms with Crippen LogP contribution in [0.2, 0.25) is 0 Å². The van der Waals surface area contributed by atoms with Crippen molar-refractivity contribution < 1.29 is 19.1 Å². The summed E-state index contributed by atoms with van der Waals surface area (Å²) in [5.74, 6) is 0.301. The van der Waals surface area contributed by atoms with E-state index in [1.165, 1.54) is 0 Å². The van der Waals surface area contributed by atoms with Crippen molar-refractivity contribution in [3.8, 4) is 5.75 Å². The Balaban J connectivity index is 1.24. The van der Waals surface area contributed by atoms with Crippen molar-refractivity contribution in [1.82, 2.24) is 15.5 Å². The number of hydrogen-bond acceptors (Lipinski definition) is 4. The van der Waals surface area contributed by atoms with E-state index >= 15 is 0 Å². The summed E-state index contributed by atoms with van der Waals surface area (Å²) >= 11 is 0. The van der Waals surface area contributed by atoms with E-state index in [2.05, 4.69) is 10.6 Å². The minimum Gasteiger partial charge on any atom is -0.467 e. The van der Waals surface area contributed by atoms with Gasteiger partial charge in [-0.3, -0.25) is 14.4 Å². The Morgan fingerprint density at radius 1 is 1.00 bits per heavy atom. The summed E-state index contributed by atoms with van der Waals surface area (Å²) in [5.41, 5.74) is 1.28. The number of carbonyl (C=O) groups excluding carboxylic acids is 3. The normalized spacial score (nSPS) is 21.7. The topological polar surface area (TPSA) is 87.7 Å². The lowest BCUT2D eigenvalue weighted by Gasteiger charge is -2.44. The molecule has 1 unspecified atom stereocenters. The van der Waals surface area contributed by atoms with Crippen LogP contribution in [0.5, 0.6) is 5.75 Å². The molecule has 3 aliphatic rings. The molecule has 0 radical (unpaired) electrons. The summed E-state index contributed by atoms with van der Waals surface area (Å²) in [4.78, 5) is 39.2. The number of ether oxygens (including phenoxy) is 1. The molecule has 0 aromatic heterocycles. The van der Waals surface area contributed by atoms with Gasteiger partial charge >= 0.3 is 0 Å². The van der Waals surface area contributed by atoms with Gasteiger partial charge in [0, 0.05) is 31.5 Å². The van der Waals surface area contributed by atoms with Gasteiger partial charge in [-0.2, -0.15) is 0 Å². The van der Waals surface area contributed by atoms with E-state index in [0.717, 1.165) is 5.56 Å². The van der Waals surface area contributed by atoms with E-state index in [1.807, 2.05) is 24.3 Å². The molecule has 148 valence electrons. The molecule has 3 aliphatic heterocycles. The Bertz CT molecular complexity index is 1010. The predicted molar refractivity (Wildman–Crippen MR) is 104 cm³/mol. The number of fused-ring (bicyclic) bond motifs is 2. The predicted octanol–water partition coefficient (Wildman–Crippen LogP) is 2.00.